The highest BCUT2D eigenvalue weighted by Crippen LogP contribution is 2.08. The molecular weight excluding hydrogens is 188 g/mol. The maximum Gasteiger partial charge on any atom is 0.113 e. The van der Waals surface area contributed by atoms with Crippen molar-refractivity contribution in [3.8, 4) is 0 Å². The molecule has 4 nitrogen and oxygen atoms in total. The fraction of sp³-hybridized carbons (Fsp3) is 0.455. The molecule has 1 N–H and O–H groups in total. The molecule has 2 aromatic rings. The van der Waals surface area contributed by atoms with Gasteiger partial charge in [0.2, 0.25) is 0 Å². The van der Waals surface area contributed by atoms with Gasteiger partial charge in [-0.3, -0.25) is 5.32 Å². The van der Waals surface area contributed by atoms with Crippen LogP contribution in [0.25, 0.3) is 11.0 Å². The van der Waals surface area contributed by atoms with Gasteiger partial charge in [-0.25, -0.2) is 4.68 Å². The molecule has 0 fully saturated rings. The Hall–Kier alpha value is -1.42. The summed E-state index contributed by atoms with van der Waals surface area (Å²) in [6.07, 6.45) is 2.41. The van der Waals surface area contributed by atoms with E-state index in [1.165, 1.54) is 12.8 Å². The van der Waals surface area contributed by atoms with Gasteiger partial charge in [-0.2, -0.15) is 0 Å². The first-order valence-corrected chi connectivity index (χ1v) is 5.41. The van der Waals surface area contributed by atoms with E-state index < -0.39 is 0 Å². The summed E-state index contributed by atoms with van der Waals surface area (Å²) in [5.74, 6) is 0. The molecule has 0 amide bonds. The van der Waals surface area contributed by atoms with Gasteiger partial charge in [0.25, 0.3) is 0 Å². The number of rotatable bonds is 5. The molecule has 0 saturated heterocycles. The van der Waals surface area contributed by atoms with Gasteiger partial charge in [-0.15, -0.1) is 5.10 Å². The molecule has 80 valence electrons. The van der Waals surface area contributed by atoms with Gasteiger partial charge in [-0.1, -0.05) is 30.7 Å². The molecule has 0 aliphatic rings. The number of hydrogen-bond acceptors (Lipinski definition) is 3. The monoisotopic (exact) mass is 204 g/mol. The Bertz CT molecular complexity index is 421. The number of nitrogens with zero attached hydrogens (tertiary/aromatic N) is 3. The van der Waals surface area contributed by atoms with E-state index in [1.807, 2.05) is 28.9 Å². The lowest BCUT2D eigenvalue weighted by Crippen LogP contribution is -2.20. The first kappa shape index (κ1) is 10.1. The SMILES string of the molecule is CCCCNCn1nnc2ccccc21. The van der Waals surface area contributed by atoms with Crippen molar-refractivity contribution in [3.63, 3.8) is 0 Å². The van der Waals surface area contributed by atoms with Crippen LogP contribution in [0.3, 0.4) is 0 Å². The minimum atomic E-state index is 0.737. The zero-order valence-corrected chi connectivity index (χ0v) is 8.98. The highest BCUT2D eigenvalue weighted by atomic mass is 15.4. The molecule has 2 rings (SSSR count). The normalized spacial score (nSPS) is 11.0. The standard InChI is InChI=1S/C11H16N4/c1-2-3-8-12-9-15-11-7-5-4-6-10(11)13-14-15/h4-7,12H,2-3,8-9H2,1H3. The van der Waals surface area contributed by atoms with Crippen LogP contribution in [0.2, 0.25) is 0 Å². The summed E-state index contributed by atoms with van der Waals surface area (Å²) in [5, 5.41) is 11.5. The second-order valence-corrected chi connectivity index (χ2v) is 3.59. The third-order valence-corrected chi connectivity index (χ3v) is 2.39. The number of fused-ring (bicyclic) bond motifs is 1. The number of benzene rings is 1. The highest BCUT2D eigenvalue weighted by molar-refractivity contribution is 5.73. The van der Waals surface area contributed by atoms with E-state index in [2.05, 4.69) is 22.6 Å². The summed E-state index contributed by atoms with van der Waals surface area (Å²) in [7, 11) is 0. The van der Waals surface area contributed by atoms with Gasteiger partial charge in [0.15, 0.2) is 0 Å². The Morgan fingerprint density at radius 3 is 3.07 bits per heavy atom. The fourth-order valence-corrected chi connectivity index (χ4v) is 1.52. The van der Waals surface area contributed by atoms with E-state index in [0.29, 0.717) is 0 Å². The average molecular weight is 204 g/mol. The molecule has 0 radical (unpaired) electrons. The number of unbranched alkanes of at least 4 members (excludes halogenated alkanes) is 1. The molecule has 0 saturated carbocycles. The third-order valence-electron chi connectivity index (χ3n) is 2.39. The van der Waals surface area contributed by atoms with Gasteiger partial charge < -0.3 is 0 Å². The predicted molar refractivity (Wildman–Crippen MR) is 60.4 cm³/mol. The highest BCUT2D eigenvalue weighted by Gasteiger charge is 2.01. The van der Waals surface area contributed by atoms with Crippen LogP contribution in [0.15, 0.2) is 24.3 Å². The van der Waals surface area contributed by atoms with Gasteiger partial charge in [0.1, 0.15) is 5.52 Å². The summed E-state index contributed by atoms with van der Waals surface area (Å²) in [5.41, 5.74) is 2.04. The van der Waals surface area contributed by atoms with Crippen LogP contribution < -0.4 is 5.32 Å². The Kier molecular flexibility index (Phi) is 3.29. The predicted octanol–water partition coefficient (Wildman–Crippen LogP) is 1.78. The number of nitrogens with one attached hydrogen (secondary N) is 1. The molecule has 1 heterocycles. The van der Waals surface area contributed by atoms with Crippen LogP contribution in [0.1, 0.15) is 19.8 Å². The van der Waals surface area contributed by atoms with Crippen molar-refractivity contribution in [2.24, 2.45) is 0 Å². The second-order valence-electron chi connectivity index (χ2n) is 3.59. The zero-order chi connectivity index (χ0) is 10.5. The Morgan fingerprint density at radius 2 is 2.20 bits per heavy atom. The number of aromatic nitrogens is 3. The van der Waals surface area contributed by atoms with E-state index in [-0.39, 0.29) is 0 Å². The fourth-order valence-electron chi connectivity index (χ4n) is 1.52. The maximum atomic E-state index is 4.10. The summed E-state index contributed by atoms with van der Waals surface area (Å²) >= 11 is 0. The molecular formula is C11H16N4. The van der Waals surface area contributed by atoms with Crippen molar-refractivity contribution in [1.82, 2.24) is 20.3 Å². The van der Waals surface area contributed by atoms with Crippen LogP contribution in [0.5, 0.6) is 0 Å². The molecule has 0 aliphatic carbocycles. The second kappa shape index (κ2) is 4.89. The first-order chi connectivity index (χ1) is 7.42. The van der Waals surface area contributed by atoms with Crippen LogP contribution in [0.4, 0.5) is 0 Å². The van der Waals surface area contributed by atoms with Crippen molar-refractivity contribution in [1.29, 1.82) is 0 Å². The van der Waals surface area contributed by atoms with E-state index in [0.717, 1.165) is 24.2 Å². The summed E-state index contributed by atoms with van der Waals surface area (Å²) < 4.78 is 1.89. The minimum absolute atomic E-state index is 0.737. The van der Waals surface area contributed by atoms with Crippen molar-refractivity contribution in [3.05, 3.63) is 24.3 Å². The van der Waals surface area contributed by atoms with E-state index in [1.54, 1.807) is 0 Å². The van der Waals surface area contributed by atoms with Gasteiger partial charge in [0, 0.05) is 0 Å². The van der Waals surface area contributed by atoms with Crippen molar-refractivity contribution < 1.29 is 0 Å². The molecule has 0 atom stereocenters. The van der Waals surface area contributed by atoms with Crippen molar-refractivity contribution >= 4 is 11.0 Å². The van der Waals surface area contributed by atoms with Crippen LogP contribution >= 0.6 is 0 Å². The van der Waals surface area contributed by atoms with Crippen molar-refractivity contribution in [2.45, 2.75) is 26.4 Å². The number of hydrogen-bond donors (Lipinski definition) is 1. The first-order valence-electron chi connectivity index (χ1n) is 5.41. The topological polar surface area (TPSA) is 42.7 Å². The molecule has 4 heteroatoms. The van der Waals surface area contributed by atoms with Crippen LogP contribution in [0, 0.1) is 0 Å². The van der Waals surface area contributed by atoms with Crippen LogP contribution in [-0.2, 0) is 6.67 Å². The smallest absolute Gasteiger partial charge is 0.113 e. The van der Waals surface area contributed by atoms with Crippen molar-refractivity contribution in [2.75, 3.05) is 6.54 Å². The maximum absolute atomic E-state index is 4.10. The lowest BCUT2D eigenvalue weighted by atomic mass is 10.3. The Morgan fingerprint density at radius 1 is 1.33 bits per heavy atom. The Labute approximate surface area is 89.3 Å². The molecule has 0 aliphatic heterocycles. The molecule has 0 spiro atoms. The largest absolute Gasteiger partial charge is 0.298 e. The Balaban J connectivity index is 2.02. The average Bonchev–Trinajstić information content (AvgIpc) is 2.68. The van der Waals surface area contributed by atoms with Crippen LogP contribution in [-0.4, -0.2) is 21.5 Å². The van der Waals surface area contributed by atoms with E-state index in [4.69, 9.17) is 0 Å². The lowest BCUT2D eigenvalue weighted by Gasteiger charge is -2.03. The molecule has 0 bridgehead atoms. The lowest BCUT2D eigenvalue weighted by molar-refractivity contribution is 0.502. The summed E-state index contributed by atoms with van der Waals surface area (Å²) in [6, 6.07) is 8.00. The zero-order valence-electron chi connectivity index (χ0n) is 8.98. The quantitative estimate of drug-likeness (QED) is 0.755. The molecule has 1 aromatic heterocycles. The molecule has 1 aromatic carbocycles. The summed E-state index contributed by atoms with van der Waals surface area (Å²) in [6.45, 7) is 3.96. The van der Waals surface area contributed by atoms with Gasteiger partial charge in [0.05, 0.1) is 12.2 Å². The van der Waals surface area contributed by atoms with Gasteiger partial charge in [-0.05, 0) is 25.1 Å². The van der Waals surface area contributed by atoms with E-state index >= 15 is 0 Å². The van der Waals surface area contributed by atoms with Gasteiger partial charge >= 0.3 is 0 Å². The third kappa shape index (κ3) is 2.33. The minimum Gasteiger partial charge on any atom is -0.298 e. The summed E-state index contributed by atoms with van der Waals surface area (Å²) in [4.78, 5) is 0. The van der Waals surface area contributed by atoms with E-state index in [9.17, 15) is 0 Å². The number of para-hydroxylation sites is 1. The molecule has 15 heavy (non-hydrogen) atoms. The molecule has 0 unspecified atom stereocenters.